The van der Waals surface area contributed by atoms with Crippen LogP contribution in [0.25, 0.3) is 0 Å². The average molecular weight is 170 g/mol. The summed E-state index contributed by atoms with van der Waals surface area (Å²) >= 11 is 1.46. The van der Waals surface area contributed by atoms with Gasteiger partial charge in [0.1, 0.15) is 0 Å². The molecule has 0 aliphatic heterocycles. The van der Waals surface area contributed by atoms with E-state index >= 15 is 0 Å². The van der Waals surface area contributed by atoms with Gasteiger partial charge in [0.25, 0.3) is 0 Å². The Morgan fingerprint density at radius 2 is 2.55 bits per heavy atom. The van der Waals surface area contributed by atoms with Crippen LogP contribution < -0.4 is 5.73 Å². The standard InChI is InChI=1S/C7H10N2OS/c8-7-9-5(4-11-7)3-10-6-1-2-6/h4,6H,1-3H2,(H2,8,9). The SMILES string of the molecule is Nc1nc(COC2CC2)cs1. The molecule has 60 valence electrons. The molecule has 0 unspecified atom stereocenters. The van der Waals surface area contributed by atoms with Crippen LogP contribution in [0.3, 0.4) is 0 Å². The summed E-state index contributed by atoms with van der Waals surface area (Å²) in [6, 6.07) is 0. The van der Waals surface area contributed by atoms with Gasteiger partial charge < -0.3 is 10.5 Å². The molecule has 1 heterocycles. The van der Waals surface area contributed by atoms with Gasteiger partial charge in [0.2, 0.25) is 0 Å². The van der Waals surface area contributed by atoms with Gasteiger partial charge in [-0.3, -0.25) is 0 Å². The van der Waals surface area contributed by atoms with Crippen molar-refractivity contribution in [2.24, 2.45) is 0 Å². The normalized spacial score (nSPS) is 17.1. The fourth-order valence-electron chi connectivity index (χ4n) is 0.827. The third-order valence-corrected chi connectivity index (χ3v) is 2.28. The highest BCUT2D eigenvalue weighted by Gasteiger charge is 2.22. The van der Waals surface area contributed by atoms with E-state index in [-0.39, 0.29) is 0 Å². The van der Waals surface area contributed by atoms with Crippen molar-refractivity contribution in [3.8, 4) is 0 Å². The topological polar surface area (TPSA) is 48.1 Å². The van der Waals surface area contributed by atoms with Crippen molar-refractivity contribution in [1.29, 1.82) is 0 Å². The van der Waals surface area contributed by atoms with E-state index in [0.29, 0.717) is 17.8 Å². The molecule has 0 saturated heterocycles. The van der Waals surface area contributed by atoms with Crippen LogP contribution in [0.4, 0.5) is 5.13 Å². The third-order valence-electron chi connectivity index (χ3n) is 1.56. The molecular weight excluding hydrogens is 160 g/mol. The number of nitrogens with two attached hydrogens (primary N) is 1. The van der Waals surface area contributed by atoms with Gasteiger partial charge in [-0.15, -0.1) is 11.3 Å². The van der Waals surface area contributed by atoms with Gasteiger partial charge in [-0.2, -0.15) is 0 Å². The summed E-state index contributed by atoms with van der Waals surface area (Å²) in [5.74, 6) is 0. The molecule has 0 spiro atoms. The average Bonchev–Trinajstić information content (AvgIpc) is 2.72. The van der Waals surface area contributed by atoms with Crippen LogP contribution in [0.2, 0.25) is 0 Å². The van der Waals surface area contributed by atoms with Crippen LogP contribution in [-0.4, -0.2) is 11.1 Å². The van der Waals surface area contributed by atoms with Gasteiger partial charge in [-0.05, 0) is 12.8 Å². The largest absolute Gasteiger partial charge is 0.375 e. The van der Waals surface area contributed by atoms with E-state index in [9.17, 15) is 0 Å². The van der Waals surface area contributed by atoms with E-state index in [4.69, 9.17) is 10.5 Å². The smallest absolute Gasteiger partial charge is 0.180 e. The Kier molecular flexibility index (Phi) is 1.79. The molecule has 3 nitrogen and oxygen atoms in total. The molecule has 1 fully saturated rings. The molecule has 4 heteroatoms. The Balaban J connectivity index is 1.85. The summed E-state index contributed by atoms with van der Waals surface area (Å²) < 4.78 is 5.44. The highest BCUT2D eigenvalue weighted by molar-refractivity contribution is 7.13. The van der Waals surface area contributed by atoms with Crippen LogP contribution in [0, 0.1) is 0 Å². The van der Waals surface area contributed by atoms with Gasteiger partial charge in [-0.1, -0.05) is 0 Å². The van der Waals surface area contributed by atoms with Crippen molar-refractivity contribution in [2.75, 3.05) is 5.73 Å². The summed E-state index contributed by atoms with van der Waals surface area (Å²) in [6.45, 7) is 0.623. The Morgan fingerprint density at radius 1 is 1.73 bits per heavy atom. The molecule has 0 amide bonds. The molecule has 0 aromatic carbocycles. The van der Waals surface area contributed by atoms with Gasteiger partial charge in [0.05, 0.1) is 18.4 Å². The molecule has 0 bridgehead atoms. The fraction of sp³-hybridized carbons (Fsp3) is 0.571. The summed E-state index contributed by atoms with van der Waals surface area (Å²) in [6.07, 6.45) is 2.91. The lowest BCUT2D eigenvalue weighted by atomic mass is 10.5. The number of aromatic nitrogens is 1. The molecule has 2 N–H and O–H groups in total. The minimum absolute atomic E-state index is 0.498. The lowest BCUT2D eigenvalue weighted by molar-refractivity contribution is 0.104. The molecule has 2 rings (SSSR count). The predicted molar refractivity (Wildman–Crippen MR) is 44.3 cm³/mol. The van der Waals surface area contributed by atoms with Crippen molar-refractivity contribution >= 4 is 16.5 Å². The van der Waals surface area contributed by atoms with Gasteiger partial charge in [-0.25, -0.2) is 4.98 Å². The van der Waals surface area contributed by atoms with Gasteiger partial charge >= 0.3 is 0 Å². The lowest BCUT2D eigenvalue weighted by Gasteiger charge is -1.96. The quantitative estimate of drug-likeness (QED) is 0.746. The maximum absolute atomic E-state index is 5.45. The fourth-order valence-corrected chi connectivity index (χ4v) is 1.37. The van der Waals surface area contributed by atoms with Crippen molar-refractivity contribution in [1.82, 2.24) is 4.98 Å². The first kappa shape index (κ1) is 7.06. The highest BCUT2D eigenvalue weighted by Crippen LogP contribution is 2.25. The minimum Gasteiger partial charge on any atom is -0.375 e. The molecular formula is C7H10N2OS. The van der Waals surface area contributed by atoms with E-state index in [2.05, 4.69) is 4.98 Å². The number of nitrogen functional groups attached to an aromatic ring is 1. The number of rotatable bonds is 3. The third kappa shape index (κ3) is 1.91. The van der Waals surface area contributed by atoms with E-state index in [1.54, 1.807) is 0 Å². The number of thiazole rings is 1. The van der Waals surface area contributed by atoms with Gasteiger partial charge in [0.15, 0.2) is 5.13 Å². The monoisotopic (exact) mass is 170 g/mol. The van der Waals surface area contributed by atoms with Crippen molar-refractivity contribution < 1.29 is 4.74 Å². The Morgan fingerprint density at radius 3 is 3.09 bits per heavy atom. The van der Waals surface area contributed by atoms with Gasteiger partial charge in [0, 0.05) is 5.38 Å². The molecule has 1 aliphatic rings. The maximum atomic E-state index is 5.45. The van der Waals surface area contributed by atoms with Crippen LogP contribution in [0.5, 0.6) is 0 Å². The van der Waals surface area contributed by atoms with E-state index in [1.807, 2.05) is 5.38 Å². The molecule has 1 aliphatic carbocycles. The number of hydrogen-bond acceptors (Lipinski definition) is 4. The highest BCUT2D eigenvalue weighted by atomic mass is 32.1. The van der Waals surface area contributed by atoms with E-state index in [0.717, 1.165) is 5.69 Å². The lowest BCUT2D eigenvalue weighted by Crippen LogP contribution is -1.95. The zero-order valence-electron chi connectivity index (χ0n) is 6.12. The predicted octanol–water partition coefficient (Wildman–Crippen LogP) is 1.40. The summed E-state index contributed by atoms with van der Waals surface area (Å²) in [4.78, 5) is 4.08. The zero-order chi connectivity index (χ0) is 7.68. The van der Waals surface area contributed by atoms with Crippen LogP contribution in [-0.2, 0) is 11.3 Å². The summed E-state index contributed by atoms with van der Waals surface area (Å²) in [5.41, 5.74) is 6.41. The van der Waals surface area contributed by atoms with Crippen LogP contribution in [0.1, 0.15) is 18.5 Å². The minimum atomic E-state index is 0.498. The second-order valence-corrected chi connectivity index (χ2v) is 3.58. The van der Waals surface area contributed by atoms with Crippen molar-refractivity contribution in [2.45, 2.75) is 25.6 Å². The summed E-state index contributed by atoms with van der Waals surface area (Å²) in [7, 11) is 0. The maximum Gasteiger partial charge on any atom is 0.180 e. The first-order valence-electron chi connectivity index (χ1n) is 3.66. The number of ether oxygens (including phenoxy) is 1. The number of hydrogen-bond donors (Lipinski definition) is 1. The Hall–Kier alpha value is -0.610. The molecule has 1 aromatic heterocycles. The molecule has 1 aromatic rings. The number of nitrogens with zero attached hydrogens (tertiary/aromatic N) is 1. The first-order valence-corrected chi connectivity index (χ1v) is 4.54. The number of anilines is 1. The molecule has 1 saturated carbocycles. The molecule has 0 atom stereocenters. The second-order valence-electron chi connectivity index (χ2n) is 2.69. The Labute approximate surface area is 69.2 Å². The van der Waals surface area contributed by atoms with Crippen LogP contribution >= 0.6 is 11.3 Å². The molecule has 11 heavy (non-hydrogen) atoms. The zero-order valence-corrected chi connectivity index (χ0v) is 6.93. The Bertz CT molecular complexity index is 244. The first-order chi connectivity index (χ1) is 5.34. The van der Waals surface area contributed by atoms with Crippen LogP contribution in [0.15, 0.2) is 5.38 Å². The van der Waals surface area contributed by atoms with E-state index in [1.165, 1.54) is 24.2 Å². The van der Waals surface area contributed by atoms with E-state index < -0.39 is 0 Å². The van der Waals surface area contributed by atoms with Crippen molar-refractivity contribution in [3.05, 3.63) is 11.1 Å². The molecule has 0 radical (unpaired) electrons. The summed E-state index contributed by atoms with van der Waals surface area (Å²) in [5, 5.41) is 2.57. The second kappa shape index (κ2) is 2.79. The van der Waals surface area contributed by atoms with Crippen molar-refractivity contribution in [3.63, 3.8) is 0 Å².